The molecule has 0 heterocycles. The van der Waals surface area contributed by atoms with Gasteiger partial charge in [0.25, 0.3) is 0 Å². The van der Waals surface area contributed by atoms with Crippen LogP contribution in [-0.4, -0.2) is 29.2 Å². The Morgan fingerprint density at radius 2 is 1.83 bits per heavy atom. The second-order valence-electron chi connectivity index (χ2n) is 5.93. The summed E-state index contributed by atoms with van der Waals surface area (Å²) in [5, 5.41) is 12.7. The van der Waals surface area contributed by atoms with E-state index in [1.165, 1.54) is 6.42 Å². The van der Waals surface area contributed by atoms with Gasteiger partial charge in [-0.1, -0.05) is 19.3 Å². The number of rotatable bonds is 2. The minimum absolute atomic E-state index is 0.0148. The predicted octanol–water partition coefficient (Wildman–Crippen LogP) is 1.31. The standard InChI is InChI=1S/C14H26N2O2/c15-13-8-3-1-2-7-12(13)14(18)16-10-5-4-6-11(17)9-10/h10-13,17H,1-9,15H2,(H,16,18). The first-order chi connectivity index (χ1) is 8.66. The summed E-state index contributed by atoms with van der Waals surface area (Å²) in [4.78, 5) is 12.3. The van der Waals surface area contributed by atoms with Crippen LogP contribution in [0, 0.1) is 5.92 Å². The molecule has 2 aliphatic rings. The maximum absolute atomic E-state index is 12.3. The summed E-state index contributed by atoms with van der Waals surface area (Å²) in [6, 6.07) is 0.165. The van der Waals surface area contributed by atoms with Gasteiger partial charge in [0, 0.05) is 12.1 Å². The summed E-state index contributed by atoms with van der Waals surface area (Å²) < 4.78 is 0. The molecule has 0 aromatic heterocycles. The van der Waals surface area contributed by atoms with E-state index in [-0.39, 0.29) is 30.0 Å². The molecule has 4 atom stereocenters. The summed E-state index contributed by atoms with van der Waals surface area (Å²) in [6.07, 6.45) is 8.66. The number of amides is 1. The van der Waals surface area contributed by atoms with Crippen LogP contribution >= 0.6 is 0 Å². The summed E-state index contributed by atoms with van der Waals surface area (Å²) in [5.74, 6) is 0.0927. The summed E-state index contributed by atoms with van der Waals surface area (Å²) >= 11 is 0. The molecule has 1 amide bonds. The van der Waals surface area contributed by atoms with E-state index in [4.69, 9.17) is 5.73 Å². The molecule has 18 heavy (non-hydrogen) atoms. The van der Waals surface area contributed by atoms with Crippen molar-refractivity contribution in [3.05, 3.63) is 0 Å². The Balaban J connectivity index is 1.85. The first kappa shape index (κ1) is 13.8. The Labute approximate surface area is 109 Å². The van der Waals surface area contributed by atoms with Crippen LogP contribution in [0.3, 0.4) is 0 Å². The topological polar surface area (TPSA) is 75.4 Å². The normalized spacial score (nSPS) is 37.9. The van der Waals surface area contributed by atoms with E-state index in [0.717, 1.165) is 44.9 Å². The molecule has 0 aliphatic heterocycles. The van der Waals surface area contributed by atoms with Crippen LogP contribution in [-0.2, 0) is 4.79 Å². The number of hydrogen-bond donors (Lipinski definition) is 3. The molecule has 0 aromatic carbocycles. The first-order valence-corrected chi connectivity index (χ1v) is 7.41. The van der Waals surface area contributed by atoms with Crippen molar-refractivity contribution in [3.8, 4) is 0 Å². The quantitative estimate of drug-likeness (QED) is 0.650. The third-order valence-corrected chi connectivity index (χ3v) is 4.40. The fourth-order valence-electron chi connectivity index (χ4n) is 3.27. The molecular formula is C14H26N2O2. The Kier molecular flexibility index (Phi) is 5.01. The Morgan fingerprint density at radius 3 is 2.61 bits per heavy atom. The highest BCUT2D eigenvalue weighted by Gasteiger charge is 2.29. The first-order valence-electron chi connectivity index (χ1n) is 7.41. The SMILES string of the molecule is NC1CCCCCC1C(=O)NC1CCCC(O)C1. The van der Waals surface area contributed by atoms with E-state index in [1.54, 1.807) is 0 Å². The van der Waals surface area contributed by atoms with Gasteiger partial charge in [0.1, 0.15) is 0 Å². The molecule has 0 bridgehead atoms. The van der Waals surface area contributed by atoms with E-state index in [9.17, 15) is 9.90 Å². The van der Waals surface area contributed by atoms with Gasteiger partial charge in [-0.05, 0) is 38.5 Å². The monoisotopic (exact) mass is 254 g/mol. The molecule has 2 aliphatic carbocycles. The molecule has 0 saturated heterocycles. The largest absolute Gasteiger partial charge is 0.393 e. The average Bonchev–Trinajstić information content (AvgIpc) is 2.54. The number of aliphatic hydroxyl groups is 1. The van der Waals surface area contributed by atoms with Gasteiger partial charge in [-0.3, -0.25) is 4.79 Å². The second-order valence-corrected chi connectivity index (χ2v) is 5.93. The van der Waals surface area contributed by atoms with Crippen LogP contribution in [0.15, 0.2) is 0 Å². The van der Waals surface area contributed by atoms with Crippen LogP contribution in [0.5, 0.6) is 0 Å². The highest BCUT2D eigenvalue weighted by Crippen LogP contribution is 2.24. The van der Waals surface area contributed by atoms with Crippen molar-refractivity contribution in [2.45, 2.75) is 76.0 Å². The smallest absolute Gasteiger partial charge is 0.224 e. The summed E-state index contributed by atoms with van der Waals surface area (Å²) in [6.45, 7) is 0. The van der Waals surface area contributed by atoms with E-state index >= 15 is 0 Å². The van der Waals surface area contributed by atoms with E-state index in [1.807, 2.05) is 0 Å². The Morgan fingerprint density at radius 1 is 1.06 bits per heavy atom. The van der Waals surface area contributed by atoms with Gasteiger partial charge in [-0.15, -0.1) is 0 Å². The zero-order valence-electron chi connectivity index (χ0n) is 11.1. The molecule has 4 heteroatoms. The van der Waals surface area contributed by atoms with Gasteiger partial charge in [-0.25, -0.2) is 0 Å². The van der Waals surface area contributed by atoms with Crippen molar-refractivity contribution >= 4 is 5.91 Å². The van der Waals surface area contributed by atoms with E-state index in [2.05, 4.69) is 5.32 Å². The number of nitrogens with one attached hydrogen (secondary N) is 1. The van der Waals surface area contributed by atoms with Crippen molar-refractivity contribution in [1.82, 2.24) is 5.32 Å². The number of nitrogens with two attached hydrogens (primary N) is 1. The fraction of sp³-hybridized carbons (Fsp3) is 0.929. The van der Waals surface area contributed by atoms with Gasteiger partial charge >= 0.3 is 0 Å². The van der Waals surface area contributed by atoms with E-state index in [0.29, 0.717) is 6.42 Å². The van der Waals surface area contributed by atoms with Crippen LogP contribution in [0.4, 0.5) is 0 Å². The molecule has 4 unspecified atom stereocenters. The number of carbonyl (C=O) groups is 1. The second kappa shape index (κ2) is 6.53. The average molecular weight is 254 g/mol. The number of carbonyl (C=O) groups excluding carboxylic acids is 1. The van der Waals surface area contributed by atoms with Crippen molar-refractivity contribution in [2.24, 2.45) is 11.7 Å². The molecule has 2 fully saturated rings. The zero-order valence-corrected chi connectivity index (χ0v) is 11.1. The maximum Gasteiger partial charge on any atom is 0.224 e. The Hall–Kier alpha value is -0.610. The van der Waals surface area contributed by atoms with Gasteiger partial charge in [0.05, 0.1) is 12.0 Å². The van der Waals surface area contributed by atoms with Gasteiger partial charge in [0.2, 0.25) is 5.91 Å². The lowest BCUT2D eigenvalue weighted by Gasteiger charge is -2.29. The molecule has 4 N–H and O–H groups in total. The molecular weight excluding hydrogens is 228 g/mol. The lowest BCUT2D eigenvalue weighted by molar-refractivity contribution is -0.127. The van der Waals surface area contributed by atoms with Gasteiger partial charge < -0.3 is 16.2 Å². The van der Waals surface area contributed by atoms with Crippen molar-refractivity contribution in [3.63, 3.8) is 0 Å². The van der Waals surface area contributed by atoms with Gasteiger partial charge in [-0.2, -0.15) is 0 Å². The third kappa shape index (κ3) is 3.69. The lowest BCUT2D eigenvalue weighted by Crippen LogP contribution is -2.47. The highest BCUT2D eigenvalue weighted by molar-refractivity contribution is 5.79. The van der Waals surface area contributed by atoms with Gasteiger partial charge in [0.15, 0.2) is 0 Å². The highest BCUT2D eigenvalue weighted by atomic mass is 16.3. The van der Waals surface area contributed by atoms with Crippen LogP contribution in [0.2, 0.25) is 0 Å². The molecule has 2 saturated carbocycles. The zero-order chi connectivity index (χ0) is 13.0. The molecule has 0 radical (unpaired) electrons. The van der Waals surface area contributed by atoms with E-state index < -0.39 is 0 Å². The fourth-order valence-corrected chi connectivity index (χ4v) is 3.27. The molecule has 104 valence electrons. The minimum atomic E-state index is -0.244. The molecule has 4 nitrogen and oxygen atoms in total. The Bertz CT molecular complexity index is 283. The lowest BCUT2D eigenvalue weighted by atomic mass is 9.90. The van der Waals surface area contributed by atoms with Crippen molar-refractivity contribution in [1.29, 1.82) is 0 Å². The van der Waals surface area contributed by atoms with Crippen LogP contribution in [0.1, 0.15) is 57.8 Å². The summed E-state index contributed by atoms with van der Waals surface area (Å²) in [5.41, 5.74) is 6.10. The molecule has 0 aromatic rings. The van der Waals surface area contributed by atoms with Crippen molar-refractivity contribution < 1.29 is 9.90 Å². The minimum Gasteiger partial charge on any atom is -0.393 e. The van der Waals surface area contributed by atoms with Crippen molar-refractivity contribution in [2.75, 3.05) is 0 Å². The van der Waals surface area contributed by atoms with Crippen LogP contribution < -0.4 is 11.1 Å². The number of hydrogen-bond acceptors (Lipinski definition) is 3. The third-order valence-electron chi connectivity index (χ3n) is 4.40. The maximum atomic E-state index is 12.3. The number of aliphatic hydroxyl groups excluding tert-OH is 1. The predicted molar refractivity (Wildman–Crippen MR) is 71.0 cm³/mol. The summed E-state index contributed by atoms with van der Waals surface area (Å²) in [7, 11) is 0. The molecule has 0 spiro atoms. The molecule has 2 rings (SSSR count). The van der Waals surface area contributed by atoms with Crippen LogP contribution in [0.25, 0.3) is 0 Å².